The van der Waals surface area contributed by atoms with E-state index >= 15 is 0 Å². The normalized spacial score (nSPS) is 12.1. The van der Waals surface area contributed by atoms with Gasteiger partial charge in [-0.3, -0.25) is 4.99 Å². The van der Waals surface area contributed by atoms with E-state index in [9.17, 15) is 5.11 Å². The number of benzene rings is 2. The molecule has 0 aliphatic rings. The highest BCUT2D eigenvalue weighted by Crippen LogP contribution is 2.31. The van der Waals surface area contributed by atoms with Gasteiger partial charge in [0.1, 0.15) is 11.5 Å². The lowest BCUT2D eigenvalue weighted by atomic mass is 10.3. The summed E-state index contributed by atoms with van der Waals surface area (Å²) in [5.41, 5.74) is 0. The highest BCUT2D eigenvalue weighted by molar-refractivity contribution is 7.99. The molecule has 3 aromatic rings. The van der Waals surface area contributed by atoms with Gasteiger partial charge in [-0.2, -0.15) is 9.97 Å². The lowest BCUT2D eigenvalue weighted by molar-refractivity contribution is 0.400. The number of hydrogen-bond donors (Lipinski definition) is 1. The summed E-state index contributed by atoms with van der Waals surface area (Å²) in [6.07, 6.45) is 3.14. The maximum absolute atomic E-state index is 10.1. The summed E-state index contributed by atoms with van der Waals surface area (Å²) in [5.74, 6) is 1.20. The van der Waals surface area contributed by atoms with E-state index in [0.717, 1.165) is 15.5 Å². The van der Waals surface area contributed by atoms with Gasteiger partial charge >= 0.3 is 6.01 Å². The Morgan fingerprint density at radius 3 is 2.54 bits per heavy atom. The largest absolute Gasteiger partial charge is 0.497 e. The zero-order chi connectivity index (χ0) is 19.9. The minimum Gasteiger partial charge on any atom is -0.497 e. The van der Waals surface area contributed by atoms with E-state index in [0.29, 0.717) is 16.3 Å². The van der Waals surface area contributed by atoms with Crippen LogP contribution >= 0.6 is 11.8 Å². The lowest BCUT2D eigenvalue weighted by Gasteiger charge is -2.07. The second kappa shape index (κ2) is 9.05. The van der Waals surface area contributed by atoms with Crippen LogP contribution in [0.15, 0.2) is 63.3 Å². The molecule has 1 heterocycles. The Morgan fingerprint density at radius 2 is 1.86 bits per heavy atom. The van der Waals surface area contributed by atoms with Crippen molar-refractivity contribution in [1.29, 1.82) is 0 Å². The second-order valence-electron chi connectivity index (χ2n) is 5.58. The smallest absolute Gasteiger partial charge is 0.325 e. The highest BCUT2D eigenvalue weighted by Gasteiger charge is 2.06. The molecule has 28 heavy (non-hydrogen) atoms. The van der Waals surface area contributed by atoms with Crippen LogP contribution in [0.3, 0.4) is 0 Å². The molecule has 0 spiro atoms. The number of ether oxygens (including phenoxy) is 2. The fraction of sp³-hybridized carbons (Fsp3) is 0.0952. The fourth-order valence-corrected chi connectivity index (χ4v) is 3.31. The molecule has 7 heteroatoms. The average Bonchev–Trinajstić information content (AvgIpc) is 2.70. The van der Waals surface area contributed by atoms with Gasteiger partial charge in [0.25, 0.3) is 0 Å². The SMILES string of the molecule is C=N/C=c1/nc(Oc2ccc(Sc3cccc(OC)c3)cc2)nc(O)/c1=C/C. The Labute approximate surface area is 166 Å². The summed E-state index contributed by atoms with van der Waals surface area (Å²) in [6, 6.07) is 15.4. The molecule has 0 aliphatic heterocycles. The standard InChI is InChI=1S/C21H19N3O3S/c1-4-18-19(13-22-2)23-21(24-20(18)25)27-14-8-10-16(11-9-14)28-17-7-5-6-15(12-17)26-3/h4-13H,2H2,1,3H3,(H,23,24,25)/b18-4+,19-13+. The van der Waals surface area contributed by atoms with Crippen molar-refractivity contribution in [1.82, 2.24) is 9.97 Å². The molecule has 0 saturated heterocycles. The number of methoxy groups -OCH3 is 1. The zero-order valence-electron chi connectivity index (χ0n) is 15.5. The topological polar surface area (TPSA) is 76.8 Å². The Morgan fingerprint density at radius 1 is 1.07 bits per heavy atom. The van der Waals surface area contributed by atoms with Crippen LogP contribution < -0.4 is 20.0 Å². The third-order valence-electron chi connectivity index (χ3n) is 3.75. The van der Waals surface area contributed by atoms with Crippen LogP contribution in [0.2, 0.25) is 0 Å². The Balaban J connectivity index is 1.79. The van der Waals surface area contributed by atoms with Crippen molar-refractivity contribution in [3.63, 3.8) is 0 Å². The Hall–Kier alpha value is -3.32. The van der Waals surface area contributed by atoms with Gasteiger partial charge in [-0.15, -0.1) is 0 Å². The predicted octanol–water partition coefficient (Wildman–Crippen LogP) is 3.37. The molecule has 142 valence electrons. The van der Waals surface area contributed by atoms with Crippen molar-refractivity contribution >= 4 is 30.8 Å². The molecule has 0 unspecified atom stereocenters. The summed E-state index contributed by atoms with van der Waals surface area (Å²) in [5, 5.41) is 11.0. The van der Waals surface area contributed by atoms with Crippen LogP contribution in [0, 0.1) is 0 Å². The van der Waals surface area contributed by atoms with Gasteiger partial charge in [-0.1, -0.05) is 23.9 Å². The number of aromatic hydroxyl groups is 1. The first-order valence-electron chi connectivity index (χ1n) is 8.42. The Bertz CT molecular complexity index is 1100. The van der Waals surface area contributed by atoms with E-state index in [1.807, 2.05) is 48.5 Å². The molecule has 0 amide bonds. The van der Waals surface area contributed by atoms with E-state index < -0.39 is 0 Å². The molecule has 6 nitrogen and oxygen atoms in total. The predicted molar refractivity (Wildman–Crippen MR) is 111 cm³/mol. The molecule has 0 aliphatic carbocycles. The van der Waals surface area contributed by atoms with Crippen molar-refractivity contribution in [2.75, 3.05) is 7.11 Å². The number of hydrogen-bond acceptors (Lipinski definition) is 7. The van der Waals surface area contributed by atoms with Gasteiger partial charge in [-0.05, 0) is 56.1 Å². The quantitative estimate of drug-likeness (QED) is 0.647. The van der Waals surface area contributed by atoms with Crippen molar-refractivity contribution in [3.05, 3.63) is 59.1 Å². The van der Waals surface area contributed by atoms with Gasteiger partial charge in [0.2, 0.25) is 5.88 Å². The van der Waals surface area contributed by atoms with Crippen LogP contribution in [0.1, 0.15) is 6.92 Å². The maximum atomic E-state index is 10.1. The summed E-state index contributed by atoms with van der Waals surface area (Å²) in [6.45, 7) is 5.19. The van der Waals surface area contributed by atoms with Gasteiger partial charge in [0.05, 0.1) is 23.9 Å². The molecule has 1 N–H and O–H groups in total. The first-order chi connectivity index (χ1) is 13.6. The van der Waals surface area contributed by atoms with Crippen molar-refractivity contribution in [2.24, 2.45) is 4.99 Å². The van der Waals surface area contributed by atoms with Crippen LogP contribution in [0.5, 0.6) is 23.4 Å². The molecule has 0 radical (unpaired) electrons. The van der Waals surface area contributed by atoms with E-state index in [4.69, 9.17) is 9.47 Å². The number of aliphatic imine (C=N–C) groups is 1. The van der Waals surface area contributed by atoms with Gasteiger partial charge in [-0.25, -0.2) is 0 Å². The van der Waals surface area contributed by atoms with E-state index in [-0.39, 0.29) is 11.9 Å². The molecule has 0 fully saturated rings. The van der Waals surface area contributed by atoms with Crippen LogP contribution in [0.25, 0.3) is 12.3 Å². The summed E-state index contributed by atoms with van der Waals surface area (Å²) >= 11 is 1.61. The van der Waals surface area contributed by atoms with Crippen LogP contribution in [-0.4, -0.2) is 28.9 Å². The van der Waals surface area contributed by atoms with E-state index in [1.54, 1.807) is 31.9 Å². The lowest BCUT2D eigenvalue weighted by Crippen LogP contribution is -2.29. The number of nitrogens with zero attached hydrogens (tertiary/aromatic N) is 3. The Kier molecular flexibility index (Phi) is 6.29. The van der Waals surface area contributed by atoms with Crippen molar-refractivity contribution in [2.45, 2.75) is 16.7 Å². The first kappa shape index (κ1) is 19.4. The third-order valence-corrected chi connectivity index (χ3v) is 4.74. The first-order valence-corrected chi connectivity index (χ1v) is 9.24. The molecule has 0 atom stereocenters. The summed E-state index contributed by atoms with van der Waals surface area (Å²) in [4.78, 5) is 14.1. The molecule has 2 aromatic carbocycles. The number of aromatic nitrogens is 2. The minimum atomic E-state index is -0.174. The van der Waals surface area contributed by atoms with Crippen LogP contribution in [0.4, 0.5) is 0 Å². The van der Waals surface area contributed by atoms with Gasteiger partial charge in [0, 0.05) is 9.79 Å². The molecule has 3 rings (SSSR count). The summed E-state index contributed by atoms with van der Waals surface area (Å²) < 4.78 is 10.9. The highest BCUT2D eigenvalue weighted by atomic mass is 32.2. The third kappa shape index (κ3) is 4.69. The summed E-state index contributed by atoms with van der Waals surface area (Å²) in [7, 11) is 1.65. The zero-order valence-corrected chi connectivity index (χ0v) is 16.3. The van der Waals surface area contributed by atoms with E-state index in [1.165, 1.54) is 6.20 Å². The average molecular weight is 393 g/mol. The molecular formula is C21H19N3O3S. The molecular weight excluding hydrogens is 374 g/mol. The molecule has 0 saturated carbocycles. The van der Waals surface area contributed by atoms with Crippen molar-refractivity contribution < 1.29 is 14.6 Å². The van der Waals surface area contributed by atoms with Crippen LogP contribution in [-0.2, 0) is 0 Å². The monoisotopic (exact) mass is 393 g/mol. The van der Waals surface area contributed by atoms with Crippen molar-refractivity contribution in [3.8, 4) is 23.4 Å². The molecule has 1 aromatic heterocycles. The van der Waals surface area contributed by atoms with Gasteiger partial charge < -0.3 is 14.6 Å². The van der Waals surface area contributed by atoms with Gasteiger partial charge in [0.15, 0.2) is 0 Å². The minimum absolute atomic E-state index is 0.0335. The van der Waals surface area contributed by atoms with E-state index in [2.05, 4.69) is 21.7 Å². The second-order valence-corrected chi connectivity index (χ2v) is 6.73. The maximum Gasteiger partial charge on any atom is 0.325 e. The fourth-order valence-electron chi connectivity index (χ4n) is 2.44. The number of rotatable bonds is 6. The molecule has 0 bridgehead atoms.